The molecule has 0 spiro atoms. The lowest BCUT2D eigenvalue weighted by molar-refractivity contribution is -0.139. The highest BCUT2D eigenvalue weighted by molar-refractivity contribution is 5.92. The molecule has 0 amide bonds. The van der Waals surface area contributed by atoms with Gasteiger partial charge in [0.2, 0.25) is 5.95 Å². The van der Waals surface area contributed by atoms with Crippen molar-refractivity contribution >= 4 is 11.9 Å². The number of aromatic nitrogens is 3. The summed E-state index contributed by atoms with van der Waals surface area (Å²) < 4.78 is 32.4. The Morgan fingerprint density at radius 3 is 2.79 bits per heavy atom. The number of anilines is 1. The second-order valence-corrected chi connectivity index (χ2v) is 7.52. The highest BCUT2D eigenvalue weighted by Crippen LogP contribution is 2.39. The summed E-state index contributed by atoms with van der Waals surface area (Å²) in [6.07, 6.45) is 2.14. The number of carbonyl (C=O) groups excluding carboxylic acids is 1. The predicted molar refractivity (Wildman–Crippen MR) is 119 cm³/mol. The SMILES string of the molecule is CCCOC(=O)C1=C(C)Nc2ncnn2C1c1ccc(OCc2ccccc2F)c(OC)c1. The molecule has 2 aromatic carbocycles. The maximum Gasteiger partial charge on any atom is 0.338 e. The number of esters is 1. The Labute approximate surface area is 191 Å². The molecule has 0 saturated carbocycles. The summed E-state index contributed by atoms with van der Waals surface area (Å²) in [4.78, 5) is 17.2. The molecule has 0 saturated heterocycles. The van der Waals surface area contributed by atoms with Gasteiger partial charge in [-0.15, -0.1) is 0 Å². The van der Waals surface area contributed by atoms with Gasteiger partial charge in [0.1, 0.15) is 24.8 Å². The van der Waals surface area contributed by atoms with E-state index in [1.54, 1.807) is 41.9 Å². The lowest BCUT2D eigenvalue weighted by Crippen LogP contribution is -2.29. The third kappa shape index (κ3) is 4.52. The van der Waals surface area contributed by atoms with Crippen molar-refractivity contribution in [3.8, 4) is 11.5 Å². The first kappa shape index (κ1) is 22.3. The van der Waals surface area contributed by atoms with Crippen LogP contribution < -0.4 is 14.8 Å². The molecule has 3 aromatic rings. The molecule has 1 aliphatic heterocycles. The maximum absolute atomic E-state index is 14.0. The van der Waals surface area contributed by atoms with E-state index in [9.17, 15) is 9.18 Å². The van der Waals surface area contributed by atoms with Crippen molar-refractivity contribution in [2.24, 2.45) is 0 Å². The first-order chi connectivity index (χ1) is 16.0. The summed E-state index contributed by atoms with van der Waals surface area (Å²) in [7, 11) is 1.52. The van der Waals surface area contributed by atoms with Gasteiger partial charge in [-0.1, -0.05) is 31.2 Å². The number of nitrogens with one attached hydrogen (secondary N) is 1. The van der Waals surface area contributed by atoms with Gasteiger partial charge in [-0.3, -0.25) is 0 Å². The van der Waals surface area contributed by atoms with Crippen LogP contribution in [-0.2, 0) is 16.1 Å². The van der Waals surface area contributed by atoms with Crippen LogP contribution in [0.15, 0.2) is 60.1 Å². The van der Waals surface area contributed by atoms with E-state index >= 15 is 0 Å². The molecule has 1 aromatic heterocycles. The summed E-state index contributed by atoms with van der Waals surface area (Å²) >= 11 is 0. The van der Waals surface area contributed by atoms with Crippen molar-refractivity contribution in [1.82, 2.24) is 14.8 Å². The number of benzene rings is 2. The molecule has 0 aliphatic carbocycles. The Hall–Kier alpha value is -3.88. The zero-order valence-electron chi connectivity index (χ0n) is 18.7. The van der Waals surface area contributed by atoms with Crippen LogP contribution in [-0.4, -0.2) is 34.5 Å². The second kappa shape index (κ2) is 9.72. The molecule has 172 valence electrons. The van der Waals surface area contributed by atoms with E-state index in [1.165, 1.54) is 19.5 Å². The van der Waals surface area contributed by atoms with Gasteiger partial charge in [-0.2, -0.15) is 10.1 Å². The number of hydrogen-bond acceptors (Lipinski definition) is 7. The first-order valence-electron chi connectivity index (χ1n) is 10.6. The van der Waals surface area contributed by atoms with Gasteiger partial charge in [0, 0.05) is 11.3 Å². The summed E-state index contributed by atoms with van der Waals surface area (Å²) in [5, 5.41) is 7.42. The largest absolute Gasteiger partial charge is 0.493 e. The van der Waals surface area contributed by atoms with Gasteiger partial charge >= 0.3 is 5.97 Å². The second-order valence-electron chi connectivity index (χ2n) is 7.52. The van der Waals surface area contributed by atoms with E-state index < -0.39 is 12.0 Å². The van der Waals surface area contributed by atoms with Crippen LogP contribution in [0.1, 0.15) is 37.4 Å². The zero-order valence-corrected chi connectivity index (χ0v) is 18.7. The van der Waals surface area contributed by atoms with Crippen molar-refractivity contribution in [2.75, 3.05) is 19.0 Å². The quantitative estimate of drug-likeness (QED) is 0.511. The molecule has 0 radical (unpaired) electrons. The minimum Gasteiger partial charge on any atom is -0.493 e. The number of carbonyl (C=O) groups is 1. The van der Waals surface area contributed by atoms with E-state index in [-0.39, 0.29) is 12.4 Å². The molecule has 8 nitrogen and oxygen atoms in total. The van der Waals surface area contributed by atoms with Crippen LogP contribution in [0, 0.1) is 5.82 Å². The Kier molecular flexibility index (Phi) is 6.58. The minimum absolute atomic E-state index is 0.0521. The van der Waals surface area contributed by atoms with Gasteiger partial charge < -0.3 is 19.5 Å². The number of ether oxygens (including phenoxy) is 3. The normalized spacial score (nSPS) is 15.0. The fraction of sp³-hybridized carbons (Fsp3) is 0.292. The van der Waals surface area contributed by atoms with Crippen LogP contribution in [0.2, 0.25) is 0 Å². The fourth-order valence-electron chi connectivity index (χ4n) is 3.68. The highest BCUT2D eigenvalue weighted by Gasteiger charge is 2.34. The number of rotatable bonds is 8. The van der Waals surface area contributed by atoms with E-state index in [0.29, 0.717) is 47.3 Å². The number of hydrogen-bond donors (Lipinski definition) is 1. The zero-order chi connectivity index (χ0) is 23.4. The molecular formula is C24H25FN4O4. The molecule has 9 heteroatoms. The summed E-state index contributed by atoms with van der Waals surface area (Å²) in [5.41, 5.74) is 2.25. The van der Waals surface area contributed by atoms with Gasteiger partial charge in [0.25, 0.3) is 0 Å². The van der Waals surface area contributed by atoms with Crippen LogP contribution >= 0.6 is 0 Å². The molecule has 33 heavy (non-hydrogen) atoms. The number of nitrogens with zero attached hydrogens (tertiary/aromatic N) is 3. The Balaban J connectivity index is 1.67. The molecule has 4 rings (SSSR count). The molecule has 2 heterocycles. The van der Waals surface area contributed by atoms with Crippen molar-refractivity contribution in [2.45, 2.75) is 32.9 Å². The standard InChI is InChI=1S/C24H25FN4O4/c1-4-11-32-23(30)21-15(2)28-24-26-14-27-29(24)22(21)16-9-10-19(20(12-16)31-3)33-13-17-7-5-6-8-18(17)25/h5-10,12,14,22H,4,11,13H2,1-3H3,(H,26,27,28). The van der Waals surface area contributed by atoms with Crippen molar-refractivity contribution in [3.05, 3.63) is 77.0 Å². The molecular weight excluding hydrogens is 427 g/mol. The molecule has 1 aliphatic rings. The lowest BCUT2D eigenvalue weighted by atomic mass is 9.95. The first-order valence-corrected chi connectivity index (χ1v) is 10.6. The number of allylic oxidation sites excluding steroid dienone is 1. The van der Waals surface area contributed by atoms with Gasteiger partial charge in [0.05, 0.1) is 19.3 Å². The Morgan fingerprint density at radius 2 is 2.03 bits per heavy atom. The lowest BCUT2D eigenvalue weighted by Gasteiger charge is -2.28. The number of fused-ring (bicyclic) bond motifs is 1. The van der Waals surface area contributed by atoms with E-state index in [2.05, 4.69) is 15.4 Å². The van der Waals surface area contributed by atoms with E-state index in [0.717, 1.165) is 5.56 Å². The van der Waals surface area contributed by atoms with Crippen molar-refractivity contribution in [3.63, 3.8) is 0 Å². The van der Waals surface area contributed by atoms with E-state index in [4.69, 9.17) is 14.2 Å². The monoisotopic (exact) mass is 452 g/mol. The van der Waals surface area contributed by atoms with Gasteiger partial charge in [-0.05, 0) is 37.1 Å². The highest BCUT2D eigenvalue weighted by atomic mass is 19.1. The van der Waals surface area contributed by atoms with Gasteiger partial charge in [-0.25, -0.2) is 13.9 Å². The average Bonchev–Trinajstić information content (AvgIpc) is 3.29. The number of methoxy groups -OCH3 is 1. The number of halogens is 1. The van der Waals surface area contributed by atoms with Crippen LogP contribution in [0.25, 0.3) is 0 Å². The van der Waals surface area contributed by atoms with Gasteiger partial charge in [0.15, 0.2) is 11.5 Å². The summed E-state index contributed by atoms with van der Waals surface area (Å²) in [6.45, 7) is 4.11. The third-order valence-electron chi connectivity index (χ3n) is 5.30. The van der Waals surface area contributed by atoms with E-state index in [1.807, 2.05) is 13.0 Å². The Morgan fingerprint density at radius 1 is 1.21 bits per heavy atom. The summed E-state index contributed by atoms with van der Waals surface area (Å²) in [6, 6.07) is 11.2. The van der Waals surface area contributed by atoms with Crippen LogP contribution in [0.5, 0.6) is 11.5 Å². The fourth-order valence-corrected chi connectivity index (χ4v) is 3.68. The maximum atomic E-state index is 14.0. The Bertz CT molecular complexity index is 1190. The smallest absolute Gasteiger partial charge is 0.338 e. The van der Waals surface area contributed by atoms with Crippen molar-refractivity contribution in [1.29, 1.82) is 0 Å². The minimum atomic E-state index is -0.567. The third-order valence-corrected chi connectivity index (χ3v) is 5.30. The molecule has 0 bridgehead atoms. The van der Waals surface area contributed by atoms with Crippen LogP contribution in [0.4, 0.5) is 10.3 Å². The summed E-state index contributed by atoms with van der Waals surface area (Å²) in [5.74, 6) is 0.656. The van der Waals surface area contributed by atoms with Crippen molar-refractivity contribution < 1.29 is 23.4 Å². The average molecular weight is 452 g/mol. The molecule has 1 unspecified atom stereocenters. The molecule has 1 atom stereocenters. The topological polar surface area (TPSA) is 87.5 Å². The molecule has 0 fully saturated rings. The predicted octanol–water partition coefficient (Wildman–Crippen LogP) is 4.25. The van der Waals surface area contributed by atoms with Crippen LogP contribution in [0.3, 0.4) is 0 Å². The molecule has 1 N–H and O–H groups in total.